The van der Waals surface area contributed by atoms with E-state index in [1.165, 1.54) is 17.7 Å². The number of fused-ring (bicyclic) bond motifs is 1. The van der Waals surface area contributed by atoms with E-state index in [-0.39, 0.29) is 11.9 Å². The van der Waals surface area contributed by atoms with Gasteiger partial charge in [0.15, 0.2) is 5.78 Å². The average Bonchev–Trinajstić information content (AvgIpc) is 2.98. The number of Topliss-reactive ketones (excluding diaryl/α,β-unsaturated/α-hetero) is 1. The summed E-state index contributed by atoms with van der Waals surface area (Å²) in [7, 11) is 0. The van der Waals surface area contributed by atoms with Gasteiger partial charge in [0, 0.05) is 26.2 Å². The second-order valence-corrected chi connectivity index (χ2v) is 8.07. The fraction of sp³-hybridized carbons (Fsp3) is 0.529. The highest BCUT2D eigenvalue weighted by Gasteiger charge is 2.27. The van der Waals surface area contributed by atoms with E-state index in [1.807, 2.05) is 26.8 Å². The summed E-state index contributed by atoms with van der Waals surface area (Å²) < 4.78 is 5.43. The molecular weight excluding hydrogens is 340 g/mol. The minimum atomic E-state index is -0.493. The van der Waals surface area contributed by atoms with Crippen molar-refractivity contribution in [1.29, 1.82) is 0 Å². The Bertz CT molecular complexity index is 804. The number of aromatic nitrogens is 2. The molecule has 1 aliphatic rings. The highest BCUT2D eigenvalue weighted by molar-refractivity contribution is 7.20. The van der Waals surface area contributed by atoms with Gasteiger partial charge in [-0.25, -0.2) is 14.8 Å². The Labute approximate surface area is 150 Å². The molecule has 3 heterocycles. The fourth-order valence-corrected chi connectivity index (χ4v) is 3.58. The molecule has 0 aromatic carbocycles. The van der Waals surface area contributed by atoms with Crippen LogP contribution in [0.3, 0.4) is 0 Å². The van der Waals surface area contributed by atoms with Crippen molar-refractivity contribution < 1.29 is 14.3 Å². The van der Waals surface area contributed by atoms with E-state index < -0.39 is 5.60 Å². The smallest absolute Gasteiger partial charge is 0.410 e. The minimum absolute atomic E-state index is 0.0312. The van der Waals surface area contributed by atoms with Crippen molar-refractivity contribution in [3.63, 3.8) is 0 Å². The molecule has 1 amide bonds. The van der Waals surface area contributed by atoms with Gasteiger partial charge in [0.1, 0.15) is 22.6 Å². The topological polar surface area (TPSA) is 75.6 Å². The van der Waals surface area contributed by atoms with Gasteiger partial charge < -0.3 is 14.5 Å². The summed E-state index contributed by atoms with van der Waals surface area (Å²) in [5.41, 5.74) is -0.493. The van der Waals surface area contributed by atoms with E-state index in [0.717, 1.165) is 16.0 Å². The predicted octanol–water partition coefficient (Wildman–Crippen LogP) is 2.95. The SMILES string of the molecule is CC(=O)c1cc2c(N3CCN(C(=O)OC(C)(C)C)CC3)ncnc2s1. The Kier molecular flexibility index (Phi) is 4.64. The number of ether oxygens (including phenoxy) is 1. The lowest BCUT2D eigenvalue weighted by Gasteiger charge is -2.36. The van der Waals surface area contributed by atoms with Crippen molar-refractivity contribution in [1.82, 2.24) is 14.9 Å². The van der Waals surface area contributed by atoms with Gasteiger partial charge in [0.05, 0.1) is 10.3 Å². The van der Waals surface area contributed by atoms with Crippen LogP contribution in [0.25, 0.3) is 10.2 Å². The Morgan fingerprint density at radius 2 is 1.84 bits per heavy atom. The standard InChI is InChI=1S/C17H22N4O3S/c1-11(22)13-9-12-14(18-10-19-15(12)25-13)20-5-7-21(8-6-20)16(23)24-17(2,3)4/h9-10H,5-8H2,1-4H3. The molecule has 3 rings (SSSR count). The van der Waals surface area contributed by atoms with Crippen LogP contribution in [0.2, 0.25) is 0 Å². The number of carbonyl (C=O) groups is 2. The number of anilines is 1. The molecule has 7 nitrogen and oxygen atoms in total. The second kappa shape index (κ2) is 6.59. The maximum atomic E-state index is 12.2. The molecule has 1 saturated heterocycles. The van der Waals surface area contributed by atoms with Crippen molar-refractivity contribution in [3.05, 3.63) is 17.3 Å². The lowest BCUT2D eigenvalue weighted by molar-refractivity contribution is 0.0240. The van der Waals surface area contributed by atoms with Crippen LogP contribution in [0.4, 0.5) is 10.6 Å². The lowest BCUT2D eigenvalue weighted by atomic mass is 10.2. The summed E-state index contributed by atoms with van der Waals surface area (Å²) in [4.78, 5) is 37.8. The summed E-state index contributed by atoms with van der Waals surface area (Å²) in [6.07, 6.45) is 1.24. The molecule has 134 valence electrons. The number of ketones is 1. The van der Waals surface area contributed by atoms with Crippen LogP contribution in [0.5, 0.6) is 0 Å². The van der Waals surface area contributed by atoms with E-state index in [9.17, 15) is 9.59 Å². The number of rotatable bonds is 2. The monoisotopic (exact) mass is 362 g/mol. The summed E-state index contributed by atoms with van der Waals surface area (Å²) in [6.45, 7) is 9.62. The van der Waals surface area contributed by atoms with Crippen molar-refractivity contribution >= 4 is 39.2 Å². The zero-order valence-electron chi connectivity index (χ0n) is 14.9. The van der Waals surface area contributed by atoms with Gasteiger partial charge in [-0.15, -0.1) is 11.3 Å². The van der Waals surface area contributed by atoms with Gasteiger partial charge in [-0.2, -0.15) is 0 Å². The van der Waals surface area contributed by atoms with Crippen LogP contribution in [-0.2, 0) is 4.74 Å². The zero-order valence-corrected chi connectivity index (χ0v) is 15.7. The molecular formula is C17H22N4O3S. The van der Waals surface area contributed by atoms with Gasteiger partial charge in [-0.3, -0.25) is 4.79 Å². The molecule has 0 atom stereocenters. The Morgan fingerprint density at radius 1 is 1.16 bits per heavy atom. The minimum Gasteiger partial charge on any atom is -0.444 e. The molecule has 0 unspecified atom stereocenters. The molecule has 1 fully saturated rings. The van der Waals surface area contributed by atoms with Crippen LogP contribution in [-0.4, -0.2) is 58.5 Å². The molecule has 0 aliphatic carbocycles. The van der Waals surface area contributed by atoms with Crippen LogP contribution in [0.1, 0.15) is 37.4 Å². The number of hydrogen-bond acceptors (Lipinski definition) is 7. The van der Waals surface area contributed by atoms with E-state index in [4.69, 9.17) is 4.74 Å². The molecule has 0 N–H and O–H groups in total. The number of nitrogens with zero attached hydrogens (tertiary/aromatic N) is 4. The average molecular weight is 362 g/mol. The summed E-state index contributed by atoms with van der Waals surface area (Å²) >= 11 is 1.38. The quantitative estimate of drug-likeness (QED) is 0.765. The third-order valence-corrected chi connectivity index (χ3v) is 5.03. The van der Waals surface area contributed by atoms with Gasteiger partial charge in [0.2, 0.25) is 0 Å². The normalized spacial score (nSPS) is 15.5. The Morgan fingerprint density at radius 3 is 2.44 bits per heavy atom. The highest BCUT2D eigenvalue weighted by Crippen LogP contribution is 2.31. The number of piperazine rings is 1. The van der Waals surface area contributed by atoms with E-state index in [0.29, 0.717) is 31.1 Å². The van der Waals surface area contributed by atoms with Gasteiger partial charge >= 0.3 is 6.09 Å². The maximum absolute atomic E-state index is 12.2. The fourth-order valence-electron chi connectivity index (χ4n) is 2.70. The van der Waals surface area contributed by atoms with E-state index in [2.05, 4.69) is 14.9 Å². The van der Waals surface area contributed by atoms with Crippen molar-refractivity contribution in [2.45, 2.75) is 33.3 Å². The second-order valence-electron chi connectivity index (χ2n) is 7.04. The molecule has 0 spiro atoms. The van der Waals surface area contributed by atoms with Crippen LogP contribution >= 0.6 is 11.3 Å². The van der Waals surface area contributed by atoms with Crippen molar-refractivity contribution in [2.24, 2.45) is 0 Å². The first-order chi connectivity index (χ1) is 11.7. The Hall–Kier alpha value is -2.22. The van der Waals surface area contributed by atoms with Gasteiger partial charge in [0.25, 0.3) is 0 Å². The Balaban J connectivity index is 1.74. The van der Waals surface area contributed by atoms with E-state index in [1.54, 1.807) is 11.8 Å². The maximum Gasteiger partial charge on any atom is 0.410 e. The first kappa shape index (κ1) is 17.6. The highest BCUT2D eigenvalue weighted by atomic mass is 32.1. The molecule has 8 heteroatoms. The molecule has 0 bridgehead atoms. The molecule has 1 aliphatic heterocycles. The molecule has 0 radical (unpaired) electrons. The number of amides is 1. The number of thiophene rings is 1. The molecule has 2 aromatic rings. The summed E-state index contributed by atoms with van der Waals surface area (Å²) in [6, 6.07) is 1.86. The molecule has 2 aromatic heterocycles. The lowest BCUT2D eigenvalue weighted by Crippen LogP contribution is -2.50. The molecule has 0 saturated carbocycles. The number of hydrogen-bond donors (Lipinski definition) is 0. The van der Waals surface area contributed by atoms with Crippen LogP contribution < -0.4 is 4.90 Å². The van der Waals surface area contributed by atoms with E-state index >= 15 is 0 Å². The third kappa shape index (κ3) is 3.89. The number of carbonyl (C=O) groups excluding carboxylic acids is 2. The predicted molar refractivity (Wildman–Crippen MR) is 97.4 cm³/mol. The van der Waals surface area contributed by atoms with Crippen molar-refractivity contribution in [3.8, 4) is 0 Å². The summed E-state index contributed by atoms with van der Waals surface area (Å²) in [5, 5.41) is 0.892. The largest absolute Gasteiger partial charge is 0.444 e. The zero-order chi connectivity index (χ0) is 18.2. The van der Waals surface area contributed by atoms with Crippen LogP contribution in [0, 0.1) is 0 Å². The van der Waals surface area contributed by atoms with Crippen molar-refractivity contribution in [2.75, 3.05) is 31.1 Å². The van der Waals surface area contributed by atoms with Crippen LogP contribution in [0.15, 0.2) is 12.4 Å². The first-order valence-corrected chi connectivity index (χ1v) is 9.04. The molecule has 25 heavy (non-hydrogen) atoms. The summed E-state index contributed by atoms with van der Waals surface area (Å²) in [5.74, 6) is 0.848. The first-order valence-electron chi connectivity index (χ1n) is 8.23. The third-order valence-electron chi connectivity index (χ3n) is 3.89. The van der Waals surface area contributed by atoms with Gasteiger partial charge in [-0.1, -0.05) is 0 Å². The van der Waals surface area contributed by atoms with Gasteiger partial charge in [-0.05, 0) is 33.8 Å².